The standard InChI is InChI=1S/C6H14O12P2.2Ca/c7-3(1-17-19(11,12)13)5(9)6(10)4(8)2-18-20(14,15)16;;/h3,5-7,9-10H,1-2H2,(H2,11,12,13)(H2,14,15,16);;/q;2*+2/p-4/t3-,5-,6-;;/m1../s1. The van der Waals surface area contributed by atoms with E-state index < -0.39 is 53.0 Å². The molecule has 0 saturated carbocycles. The minimum Gasteiger partial charge on any atom is -0.790 e. The maximum atomic E-state index is 11.1. The van der Waals surface area contributed by atoms with Gasteiger partial charge in [0, 0.05) is 0 Å². The van der Waals surface area contributed by atoms with Gasteiger partial charge in [-0.15, -0.1) is 0 Å². The van der Waals surface area contributed by atoms with Gasteiger partial charge >= 0.3 is 75.5 Å². The summed E-state index contributed by atoms with van der Waals surface area (Å²) in [6.45, 7) is -2.63. The molecular weight excluding hydrogens is 406 g/mol. The summed E-state index contributed by atoms with van der Waals surface area (Å²) >= 11 is 0. The van der Waals surface area contributed by atoms with E-state index >= 15 is 0 Å². The first kappa shape index (κ1) is 29.1. The van der Waals surface area contributed by atoms with Crippen LogP contribution in [0.25, 0.3) is 0 Å². The zero-order valence-corrected chi connectivity index (χ0v) is 17.2. The van der Waals surface area contributed by atoms with Gasteiger partial charge in [-0.05, 0) is 0 Å². The number of Topliss-reactive ketones (excluding diaryl/α,β-unsaturated/α-hetero) is 1. The van der Waals surface area contributed by atoms with Crippen molar-refractivity contribution in [1.29, 1.82) is 0 Å². The van der Waals surface area contributed by atoms with E-state index in [0.717, 1.165) is 0 Å². The van der Waals surface area contributed by atoms with E-state index in [0.29, 0.717) is 0 Å². The normalized spacial score (nSPS) is 16.0. The SMILES string of the molecule is O=C(COP(=O)([O-])[O-])[C@@H](O)[C@H](O)[C@H](O)COP(=O)([O-])[O-].[Ca+2].[Ca+2]. The molecule has 0 unspecified atom stereocenters. The van der Waals surface area contributed by atoms with Crippen LogP contribution in [0.2, 0.25) is 0 Å². The Morgan fingerprint density at radius 1 is 0.955 bits per heavy atom. The van der Waals surface area contributed by atoms with Crippen molar-refractivity contribution in [2.45, 2.75) is 18.3 Å². The molecule has 0 aliphatic rings. The van der Waals surface area contributed by atoms with Crippen LogP contribution in [0.3, 0.4) is 0 Å². The van der Waals surface area contributed by atoms with Crippen molar-refractivity contribution in [1.82, 2.24) is 0 Å². The molecule has 3 atom stereocenters. The summed E-state index contributed by atoms with van der Waals surface area (Å²) in [5, 5.41) is 27.5. The van der Waals surface area contributed by atoms with Gasteiger partial charge in [0.1, 0.15) is 24.9 Å². The Balaban J connectivity index is -0.00000180. The quantitative estimate of drug-likeness (QED) is 0.236. The second-order valence-corrected chi connectivity index (χ2v) is 5.74. The van der Waals surface area contributed by atoms with Crippen LogP contribution >= 0.6 is 15.6 Å². The fourth-order valence-corrected chi connectivity index (χ4v) is 1.52. The molecule has 0 aromatic heterocycles. The van der Waals surface area contributed by atoms with Gasteiger partial charge in [0.2, 0.25) is 0 Å². The van der Waals surface area contributed by atoms with Crippen molar-refractivity contribution in [2.75, 3.05) is 13.2 Å². The molecule has 0 saturated heterocycles. The smallest absolute Gasteiger partial charge is 0.790 e. The molecule has 3 N–H and O–H groups in total. The van der Waals surface area contributed by atoms with E-state index in [1.54, 1.807) is 0 Å². The molecule has 0 aliphatic heterocycles. The second kappa shape index (κ2) is 12.6. The average Bonchev–Trinajstić information content (AvgIpc) is 2.29. The molecule has 22 heavy (non-hydrogen) atoms. The van der Waals surface area contributed by atoms with Crippen LogP contribution in [0, 0.1) is 0 Å². The van der Waals surface area contributed by atoms with Crippen molar-refractivity contribution in [3.63, 3.8) is 0 Å². The van der Waals surface area contributed by atoms with Gasteiger partial charge in [-0.1, -0.05) is 0 Å². The number of phosphoric ester groups is 2. The molecule has 0 aromatic carbocycles. The molecule has 0 aromatic rings. The van der Waals surface area contributed by atoms with Gasteiger partial charge in [0.05, 0.1) is 22.3 Å². The summed E-state index contributed by atoms with van der Waals surface area (Å²) in [4.78, 5) is 51.4. The number of phosphoric acid groups is 2. The Kier molecular flexibility index (Phi) is 16.7. The summed E-state index contributed by atoms with van der Waals surface area (Å²) in [7, 11) is -10.9. The number of aliphatic hydroxyl groups excluding tert-OH is 3. The number of ketones is 1. The number of hydrogen-bond donors (Lipinski definition) is 3. The van der Waals surface area contributed by atoms with Crippen molar-refractivity contribution in [3.05, 3.63) is 0 Å². The summed E-state index contributed by atoms with van der Waals surface area (Å²) in [5.41, 5.74) is 0. The first-order chi connectivity index (χ1) is 8.83. The largest absolute Gasteiger partial charge is 2.00 e. The van der Waals surface area contributed by atoms with Gasteiger partial charge in [0.15, 0.2) is 5.78 Å². The number of carbonyl (C=O) groups excluding carboxylic acids is 1. The van der Waals surface area contributed by atoms with Crippen LogP contribution in [-0.2, 0) is 23.0 Å². The summed E-state index contributed by atoms with van der Waals surface area (Å²) in [6, 6.07) is 0. The van der Waals surface area contributed by atoms with Gasteiger partial charge in [0.25, 0.3) is 0 Å². The first-order valence-electron chi connectivity index (χ1n) is 4.73. The summed E-state index contributed by atoms with van der Waals surface area (Å²) in [5.74, 6) is -1.48. The number of carbonyl (C=O) groups is 1. The second-order valence-electron chi connectivity index (χ2n) is 3.43. The summed E-state index contributed by atoms with van der Waals surface area (Å²) in [6.07, 6.45) is -6.83. The monoisotopic (exact) mass is 416 g/mol. The maximum Gasteiger partial charge on any atom is 2.00 e. The Labute approximate surface area is 184 Å². The van der Waals surface area contributed by atoms with E-state index in [2.05, 4.69) is 9.05 Å². The number of hydrogen-bond acceptors (Lipinski definition) is 12. The van der Waals surface area contributed by atoms with Crippen molar-refractivity contribution in [3.8, 4) is 0 Å². The minimum absolute atomic E-state index is 0. The van der Waals surface area contributed by atoms with E-state index in [1.165, 1.54) is 0 Å². The fourth-order valence-electron chi connectivity index (χ4n) is 0.895. The summed E-state index contributed by atoms with van der Waals surface area (Å²) < 4.78 is 27.3. The van der Waals surface area contributed by atoms with Gasteiger partial charge < -0.3 is 53.1 Å². The molecule has 16 heteroatoms. The van der Waals surface area contributed by atoms with Crippen LogP contribution in [0.4, 0.5) is 0 Å². The molecule has 0 amide bonds. The first-order valence-corrected chi connectivity index (χ1v) is 7.65. The van der Waals surface area contributed by atoms with Crippen LogP contribution in [0.15, 0.2) is 0 Å². The van der Waals surface area contributed by atoms with Crippen LogP contribution in [0.5, 0.6) is 0 Å². The molecule has 0 aliphatic carbocycles. The Bertz CT molecular complexity index is 420. The average molecular weight is 416 g/mol. The maximum absolute atomic E-state index is 11.1. The predicted octanol–water partition coefficient (Wildman–Crippen LogP) is -6.43. The molecular formula is C6H10Ca2O12P2. The topological polar surface area (TPSA) is 223 Å². The van der Waals surface area contributed by atoms with Crippen molar-refractivity contribution >= 4 is 96.9 Å². The van der Waals surface area contributed by atoms with Gasteiger partial charge in [-0.3, -0.25) is 4.79 Å². The van der Waals surface area contributed by atoms with E-state index in [1.807, 2.05) is 0 Å². The third-order valence-corrected chi connectivity index (χ3v) is 2.73. The predicted molar refractivity (Wildman–Crippen MR) is 61.7 cm³/mol. The van der Waals surface area contributed by atoms with E-state index in [4.69, 9.17) is 10.2 Å². The van der Waals surface area contributed by atoms with Gasteiger partial charge in [-0.25, -0.2) is 0 Å². The molecule has 12 nitrogen and oxygen atoms in total. The zero-order chi connectivity index (χ0) is 16.1. The van der Waals surface area contributed by atoms with Crippen molar-refractivity contribution < 1.29 is 57.9 Å². The third kappa shape index (κ3) is 14.6. The molecule has 0 heterocycles. The van der Waals surface area contributed by atoms with Crippen LogP contribution < -0.4 is 19.6 Å². The number of rotatable bonds is 9. The zero-order valence-electron chi connectivity index (χ0n) is 11.0. The van der Waals surface area contributed by atoms with Gasteiger partial charge in [-0.2, -0.15) is 0 Å². The van der Waals surface area contributed by atoms with Crippen molar-refractivity contribution in [2.24, 2.45) is 0 Å². The van der Waals surface area contributed by atoms with Crippen LogP contribution in [-0.4, -0.2) is 128 Å². The van der Waals surface area contributed by atoms with Crippen LogP contribution in [0.1, 0.15) is 0 Å². The molecule has 0 rings (SSSR count). The number of aliphatic hydroxyl groups is 3. The fraction of sp³-hybridized carbons (Fsp3) is 0.833. The van der Waals surface area contributed by atoms with E-state index in [9.17, 15) is 38.6 Å². The Morgan fingerprint density at radius 3 is 1.73 bits per heavy atom. The third-order valence-electron chi connectivity index (χ3n) is 1.82. The molecule has 0 spiro atoms. The van der Waals surface area contributed by atoms with E-state index in [-0.39, 0.29) is 75.5 Å². The molecule has 0 radical (unpaired) electrons. The molecule has 0 bridgehead atoms. The molecule has 0 fully saturated rings. The molecule has 120 valence electrons. The minimum atomic E-state index is -5.47. The Hall–Kier alpha value is 2.29. The Morgan fingerprint density at radius 2 is 1.36 bits per heavy atom.